The molecule has 6 nitrogen and oxygen atoms in total. The summed E-state index contributed by atoms with van der Waals surface area (Å²) in [6.07, 6.45) is 3.42. The fourth-order valence-corrected chi connectivity index (χ4v) is 2.87. The molecule has 0 saturated carbocycles. The third-order valence-electron chi connectivity index (χ3n) is 4.32. The van der Waals surface area contributed by atoms with E-state index in [1.54, 1.807) is 0 Å². The lowest BCUT2D eigenvalue weighted by Gasteiger charge is -2.37. The number of aromatic nitrogens is 4. The summed E-state index contributed by atoms with van der Waals surface area (Å²) in [6, 6.07) is 0.367. The minimum atomic E-state index is 0.367. The smallest absolute Gasteiger partial charge is 0.168 e. The van der Waals surface area contributed by atoms with E-state index >= 15 is 0 Å². The molecule has 0 radical (unpaired) electrons. The van der Waals surface area contributed by atoms with Crippen molar-refractivity contribution >= 4 is 0 Å². The topological polar surface area (TPSA) is 50.1 Å². The van der Waals surface area contributed by atoms with E-state index in [2.05, 4.69) is 53.1 Å². The second-order valence-electron chi connectivity index (χ2n) is 6.59. The predicted molar refractivity (Wildman–Crippen MR) is 84.0 cm³/mol. The Hall–Kier alpha value is -1.01. The molecule has 1 saturated heterocycles. The molecule has 1 aliphatic heterocycles. The van der Waals surface area contributed by atoms with Crippen molar-refractivity contribution < 1.29 is 0 Å². The summed E-state index contributed by atoms with van der Waals surface area (Å²) in [5.41, 5.74) is 0. The molecule has 0 aliphatic carbocycles. The van der Waals surface area contributed by atoms with Crippen LogP contribution in [0.2, 0.25) is 0 Å². The summed E-state index contributed by atoms with van der Waals surface area (Å²) >= 11 is 0. The predicted octanol–water partition coefficient (Wildman–Crippen LogP) is 1.81. The zero-order valence-electron chi connectivity index (χ0n) is 14.0. The van der Waals surface area contributed by atoms with Gasteiger partial charge in [-0.2, -0.15) is 0 Å². The van der Waals surface area contributed by atoms with Crippen LogP contribution in [-0.4, -0.2) is 63.2 Å². The highest BCUT2D eigenvalue weighted by atomic mass is 15.5. The van der Waals surface area contributed by atoms with Gasteiger partial charge in [0.15, 0.2) is 5.82 Å². The molecule has 0 spiro atoms. The zero-order valence-corrected chi connectivity index (χ0v) is 14.0. The molecule has 0 amide bonds. The number of rotatable bonds is 7. The van der Waals surface area contributed by atoms with Gasteiger partial charge in [-0.3, -0.25) is 4.90 Å². The van der Waals surface area contributed by atoms with Gasteiger partial charge in [-0.05, 0) is 36.2 Å². The lowest BCUT2D eigenvalue weighted by atomic mass is 10.1. The first-order valence-corrected chi connectivity index (χ1v) is 8.30. The lowest BCUT2D eigenvalue weighted by Crippen LogP contribution is -2.46. The monoisotopic (exact) mass is 294 g/mol. The summed E-state index contributed by atoms with van der Waals surface area (Å²) in [5, 5.41) is 12.5. The van der Waals surface area contributed by atoms with Gasteiger partial charge in [0.25, 0.3) is 0 Å². The largest absolute Gasteiger partial charge is 0.304 e. The molecule has 0 aromatic carbocycles. The maximum absolute atomic E-state index is 4.35. The molecule has 1 fully saturated rings. The third-order valence-corrected chi connectivity index (χ3v) is 4.32. The van der Waals surface area contributed by atoms with E-state index in [4.69, 9.17) is 0 Å². The van der Waals surface area contributed by atoms with Gasteiger partial charge >= 0.3 is 0 Å². The Labute approximate surface area is 128 Å². The molecule has 1 atom stereocenters. The number of hydrogen-bond donors (Lipinski definition) is 0. The van der Waals surface area contributed by atoms with Crippen molar-refractivity contribution in [3.05, 3.63) is 5.82 Å². The Morgan fingerprint density at radius 2 is 1.81 bits per heavy atom. The highest BCUT2D eigenvalue weighted by Gasteiger charge is 2.27. The average Bonchev–Trinajstić information content (AvgIpc) is 2.92. The normalized spacial score (nSPS) is 19.3. The van der Waals surface area contributed by atoms with E-state index in [-0.39, 0.29) is 0 Å². The summed E-state index contributed by atoms with van der Waals surface area (Å²) in [5.74, 6) is 1.73. The van der Waals surface area contributed by atoms with Gasteiger partial charge < -0.3 is 4.90 Å². The molecule has 21 heavy (non-hydrogen) atoms. The Kier molecular flexibility index (Phi) is 6.11. The molecule has 2 heterocycles. The molecule has 0 bridgehead atoms. The van der Waals surface area contributed by atoms with Gasteiger partial charge in [-0.25, -0.2) is 4.68 Å². The van der Waals surface area contributed by atoms with E-state index in [9.17, 15) is 0 Å². The zero-order chi connectivity index (χ0) is 15.2. The van der Waals surface area contributed by atoms with Crippen LogP contribution in [0.3, 0.4) is 0 Å². The van der Waals surface area contributed by atoms with Gasteiger partial charge in [-0.15, -0.1) is 5.10 Å². The quantitative estimate of drug-likeness (QED) is 0.767. The third kappa shape index (κ3) is 4.48. The van der Waals surface area contributed by atoms with E-state index in [0.717, 1.165) is 57.8 Å². The van der Waals surface area contributed by atoms with E-state index in [0.29, 0.717) is 12.0 Å². The Morgan fingerprint density at radius 3 is 2.43 bits per heavy atom. The van der Waals surface area contributed by atoms with E-state index < -0.39 is 0 Å². The SMILES string of the molecule is CCCC(c1nnnn1CCC(C)C)N1CCN(C)CC1. The number of piperazine rings is 1. The van der Waals surface area contributed by atoms with Gasteiger partial charge in [-0.1, -0.05) is 27.2 Å². The summed E-state index contributed by atoms with van der Waals surface area (Å²) < 4.78 is 2.03. The summed E-state index contributed by atoms with van der Waals surface area (Å²) in [6.45, 7) is 12.1. The summed E-state index contributed by atoms with van der Waals surface area (Å²) in [7, 11) is 2.19. The fraction of sp³-hybridized carbons (Fsp3) is 0.933. The van der Waals surface area contributed by atoms with Crippen LogP contribution >= 0.6 is 0 Å². The van der Waals surface area contributed by atoms with Crippen molar-refractivity contribution in [3.8, 4) is 0 Å². The average molecular weight is 294 g/mol. The molecule has 1 aliphatic rings. The van der Waals surface area contributed by atoms with Crippen molar-refractivity contribution in [2.75, 3.05) is 33.2 Å². The second-order valence-corrected chi connectivity index (χ2v) is 6.59. The van der Waals surface area contributed by atoms with Crippen LogP contribution < -0.4 is 0 Å². The Bertz CT molecular complexity index is 408. The minimum Gasteiger partial charge on any atom is -0.304 e. The van der Waals surface area contributed by atoms with E-state index in [1.165, 1.54) is 0 Å². The second kappa shape index (κ2) is 7.84. The number of tetrazole rings is 1. The molecule has 0 N–H and O–H groups in total. The van der Waals surface area contributed by atoms with Crippen LogP contribution in [0.15, 0.2) is 0 Å². The van der Waals surface area contributed by atoms with Crippen molar-refractivity contribution in [2.24, 2.45) is 5.92 Å². The number of nitrogens with zero attached hydrogens (tertiary/aromatic N) is 6. The van der Waals surface area contributed by atoms with Crippen molar-refractivity contribution in [1.29, 1.82) is 0 Å². The van der Waals surface area contributed by atoms with E-state index in [1.807, 2.05) is 4.68 Å². The van der Waals surface area contributed by atoms with Crippen molar-refractivity contribution in [3.63, 3.8) is 0 Å². The summed E-state index contributed by atoms with van der Waals surface area (Å²) in [4.78, 5) is 4.95. The van der Waals surface area contributed by atoms with Crippen LogP contribution in [0.25, 0.3) is 0 Å². The molecule has 1 aromatic heterocycles. The van der Waals surface area contributed by atoms with Gasteiger partial charge in [0.2, 0.25) is 0 Å². The van der Waals surface area contributed by atoms with Crippen LogP contribution in [0.4, 0.5) is 0 Å². The lowest BCUT2D eigenvalue weighted by molar-refractivity contribution is 0.0992. The molecule has 2 rings (SSSR count). The fourth-order valence-electron chi connectivity index (χ4n) is 2.87. The molecule has 1 aromatic rings. The highest BCUT2D eigenvalue weighted by Crippen LogP contribution is 2.25. The minimum absolute atomic E-state index is 0.367. The Morgan fingerprint density at radius 1 is 1.10 bits per heavy atom. The first-order chi connectivity index (χ1) is 10.1. The molecule has 6 heteroatoms. The first-order valence-electron chi connectivity index (χ1n) is 8.30. The van der Waals surface area contributed by atoms with Gasteiger partial charge in [0.1, 0.15) is 0 Å². The van der Waals surface area contributed by atoms with Crippen molar-refractivity contribution in [1.82, 2.24) is 30.0 Å². The van der Waals surface area contributed by atoms with Crippen molar-refractivity contribution in [2.45, 2.75) is 52.6 Å². The van der Waals surface area contributed by atoms with Gasteiger partial charge in [0.05, 0.1) is 6.04 Å². The first kappa shape index (κ1) is 16.4. The highest BCUT2D eigenvalue weighted by molar-refractivity contribution is 4.94. The van der Waals surface area contributed by atoms with Crippen LogP contribution in [0.5, 0.6) is 0 Å². The van der Waals surface area contributed by atoms with Crippen LogP contribution in [0.1, 0.15) is 51.9 Å². The molecule has 1 unspecified atom stereocenters. The molecule has 120 valence electrons. The van der Waals surface area contributed by atoms with Gasteiger partial charge in [0, 0.05) is 32.7 Å². The molecular weight excluding hydrogens is 264 g/mol. The number of likely N-dealkylation sites (N-methyl/N-ethyl adjacent to an activating group) is 1. The number of hydrogen-bond acceptors (Lipinski definition) is 5. The maximum atomic E-state index is 4.35. The number of aryl methyl sites for hydroxylation is 1. The Balaban J connectivity index is 2.08. The maximum Gasteiger partial charge on any atom is 0.168 e. The molecular formula is C15H30N6. The van der Waals surface area contributed by atoms with Crippen LogP contribution in [0, 0.1) is 5.92 Å². The van der Waals surface area contributed by atoms with Crippen LogP contribution in [-0.2, 0) is 6.54 Å². The standard InChI is InChI=1S/C15H30N6/c1-5-6-14(20-11-9-19(4)10-12-20)15-16-17-18-21(15)8-7-13(2)3/h13-14H,5-12H2,1-4H3.